The van der Waals surface area contributed by atoms with Gasteiger partial charge in [0.2, 0.25) is 0 Å². The Kier molecular flexibility index (Phi) is 7.56. The SMILES string of the molecule is CCOc1cc(NC(=O)c2ccccc2)c(OCC)cc1N.[Zn]. The van der Waals surface area contributed by atoms with E-state index in [4.69, 9.17) is 15.2 Å². The predicted molar refractivity (Wildman–Crippen MR) is 87.6 cm³/mol. The van der Waals surface area contributed by atoms with Crippen molar-refractivity contribution in [3.05, 3.63) is 48.0 Å². The van der Waals surface area contributed by atoms with Crippen LogP contribution in [0.5, 0.6) is 11.5 Å². The molecule has 0 fully saturated rings. The first-order chi connectivity index (χ1) is 10.7. The summed E-state index contributed by atoms with van der Waals surface area (Å²) in [5, 5.41) is 2.84. The number of rotatable bonds is 6. The molecule has 2 rings (SSSR count). The number of hydrogen-bond donors (Lipinski definition) is 2. The maximum absolute atomic E-state index is 12.3. The normalized spacial score (nSPS) is 9.65. The first-order valence-corrected chi connectivity index (χ1v) is 7.21. The molecule has 0 saturated heterocycles. The van der Waals surface area contributed by atoms with Crippen molar-refractivity contribution in [1.82, 2.24) is 0 Å². The van der Waals surface area contributed by atoms with Crippen molar-refractivity contribution in [3.8, 4) is 11.5 Å². The zero-order valence-corrected chi connectivity index (χ0v) is 16.4. The number of ether oxygens (including phenoxy) is 2. The van der Waals surface area contributed by atoms with Crippen LogP contribution in [0.25, 0.3) is 0 Å². The molecule has 118 valence electrons. The molecule has 0 saturated carbocycles. The number of carbonyl (C=O) groups excluding carboxylic acids is 1. The number of nitrogens with two attached hydrogens (primary N) is 1. The Balaban J connectivity index is 0.00000264. The van der Waals surface area contributed by atoms with Gasteiger partial charge in [0.05, 0.1) is 24.6 Å². The van der Waals surface area contributed by atoms with E-state index >= 15 is 0 Å². The molecule has 1 amide bonds. The smallest absolute Gasteiger partial charge is 0.255 e. The largest absolute Gasteiger partial charge is 0.492 e. The number of carbonyl (C=O) groups is 1. The Morgan fingerprint density at radius 2 is 1.65 bits per heavy atom. The number of anilines is 2. The summed E-state index contributed by atoms with van der Waals surface area (Å²) in [6.07, 6.45) is 0. The van der Waals surface area contributed by atoms with Crippen LogP contribution in [0.3, 0.4) is 0 Å². The molecule has 0 aliphatic carbocycles. The minimum absolute atomic E-state index is 0. The second-order valence-electron chi connectivity index (χ2n) is 4.57. The van der Waals surface area contributed by atoms with E-state index in [2.05, 4.69) is 5.32 Å². The third-order valence-electron chi connectivity index (χ3n) is 3.00. The summed E-state index contributed by atoms with van der Waals surface area (Å²) >= 11 is 0. The first-order valence-electron chi connectivity index (χ1n) is 7.21. The monoisotopic (exact) mass is 364 g/mol. The molecule has 0 aliphatic heterocycles. The van der Waals surface area contributed by atoms with Crippen LogP contribution in [0.4, 0.5) is 11.4 Å². The van der Waals surface area contributed by atoms with Gasteiger partial charge in [0.15, 0.2) is 0 Å². The number of nitrogens with one attached hydrogen (secondary N) is 1. The van der Waals surface area contributed by atoms with Gasteiger partial charge in [0.1, 0.15) is 11.5 Å². The van der Waals surface area contributed by atoms with Gasteiger partial charge in [-0.2, -0.15) is 0 Å². The predicted octanol–water partition coefficient (Wildman–Crippen LogP) is 3.32. The molecule has 0 spiro atoms. The average molecular weight is 366 g/mol. The Hall–Kier alpha value is -2.07. The Bertz CT molecular complexity index is 648. The van der Waals surface area contributed by atoms with E-state index in [1.54, 1.807) is 24.3 Å². The maximum atomic E-state index is 12.3. The zero-order valence-electron chi connectivity index (χ0n) is 13.5. The van der Waals surface area contributed by atoms with Gasteiger partial charge in [0, 0.05) is 37.2 Å². The quantitative estimate of drug-likeness (QED) is 0.608. The zero-order chi connectivity index (χ0) is 15.9. The van der Waals surface area contributed by atoms with Crippen molar-refractivity contribution in [2.75, 3.05) is 24.3 Å². The van der Waals surface area contributed by atoms with Crippen LogP contribution in [0.1, 0.15) is 24.2 Å². The van der Waals surface area contributed by atoms with Crippen molar-refractivity contribution < 1.29 is 33.7 Å². The van der Waals surface area contributed by atoms with Crippen molar-refractivity contribution in [2.45, 2.75) is 13.8 Å². The van der Waals surface area contributed by atoms with Gasteiger partial charge in [-0.05, 0) is 26.0 Å². The Labute approximate surface area is 148 Å². The van der Waals surface area contributed by atoms with Gasteiger partial charge in [0.25, 0.3) is 5.91 Å². The van der Waals surface area contributed by atoms with Crippen LogP contribution in [-0.2, 0) is 19.5 Å². The second kappa shape index (κ2) is 9.16. The fourth-order valence-corrected chi connectivity index (χ4v) is 2.01. The third-order valence-corrected chi connectivity index (χ3v) is 3.00. The fourth-order valence-electron chi connectivity index (χ4n) is 2.01. The summed E-state index contributed by atoms with van der Waals surface area (Å²) in [7, 11) is 0. The molecule has 0 atom stereocenters. The van der Waals surface area contributed by atoms with Gasteiger partial charge in [-0.1, -0.05) is 18.2 Å². The number of amides is 1. The van der Waals surface area contributed by atoms with Crippen LogP contribution in [-0.4, -0.2) is 19.1 Å². The molecule has 0 unspecified atom stereocenters. The fraction of sp³-hybridized carbons (Fsp3) is 0.235. The van der Waals surface area contributed by atoms with E-state index in [0.717, 1.165) is 0 Å². The standard InChI is InChI=1S/C17H20N2O3.Zn/c1-3-21-15-11-14(16(22-4-2)10-13(15)18)19-17(20)12-8-6-5-7-9-12;/h5-11H,3-4,18H2,1-2H3,(H,19,20);. The molecular weight excluding hydrogens is 346 g/mol. The van der Waals surface area contributed by atoms with E-state index in [-0.39, 0.29) is 25.4 Å². The number of benzene rings is 2. The van der Waals surface area contributed by atoms with Crippen LogP contribution in [0, 0.1) is 0 Å². The van der Waals surface area contributed by atoms with Crippen LogP contribution >= 0.6 is 0 Å². The summed E-state index contributed by atoms with van der Waals surface area (Å²) in [6, 6.07) is 12.3. The Morgan fingerprint density at radius 1 is 1.04 bits per heavy atom. The molecule has 6 heteroatoms. The Morgan fingerprint density at radius 3 is 2.26 bits per heavy atom. The molecule has 0 aliphatic rings. The molecule has 0 radical (unpaired) electrons. The van der Waals surface area contributed by atoms with Crippen LogP contribution in [0.15, 0.2) is 42.5 Å². The van der Waals surface area contributed by atoms with Crippen molar-refractivity contribution in [1.29, 1.82) is 0 Å². The average Bonchev–Trinajstić information content (AvgIpc) is 2.53. The van der Waals surface area contributed by atoms with E-state index in [1.807, 2.05) is 32.0 Å². The summed E-state index contributed by atoms with van der Waals surface area (Å²) in [6.45, 7) is 4.71. The topological polar surface area (TPSA) is 73.6 Å². The second-order valence-corrected chi connectivity index (χ2v) is 4.57. The first kappa shape index (κ1) is 19.0. The van der Waals surface area contributed by atoms with Gasteiger partial charge in [-0.15, -0.1) is 0 Å². The summed E-state index contributed by atoms with van der Waals surface area (Å²) < 4.78 is 11.0. The van der Waals surface area contributed by atoms with Crippen LogP contribution < -0.4 is 20.5 Å². The summed E-state index contributed by atoms with van der Waals surface area (Å²) in [5.74, 6) is 0.829. The molecule has 3 N–H and O–H groups in total. The minimum Gasteiger partial charge on any atom is -0.492 e. The van der Waals surface area contributed by atoms with Crippen molar-refractivity contribution in [2.24, 2.45) is 0 Å². The van der Waals surface area contributed by atoms with E-state index in [9.17, 15) is 4.79 Å². The molecular formula is C17H20N2O3Zn. The molecule has 2 aromatic rings. The molecule has 0 heterocycles. The molecule has 2 aromatic carbocycles. The third kappa shape index (κ3) is 4.96. The maximum Gasteiger partial charge on any atom is 0.255 e. The molecule has 0 aromatic heterocycles. The van der Waals surface area contributed by atoms with Gasteiger partial charge < -0.3 is 20.5 Å². The molecule has 5 nitrogen and oxygen atoms in total. The number of nitrogen functional groups attached to an aromatic ring is 1. The summed E-state index contributed by atoms with van der Waals surface area (Å²) in [4.78, 5) is 12.3. The van der Waals surface area contributed by atoms with Gasteiger partial charge in [-0.3, -0.25) is 4.79 Å². The minimum atomic E-state index is -0.214. The van der Waals surface area contributed by atoms with E-state index in [0.29, 0.717) is 41.7 Å². The van der Waals surface area contributed by atoms with Crippen molar-refractivity contribution in [3.63, 3.8) is 0 Å². The van der Waals surface area contributed by atoms with Crippen molar-refractivity contribution >= 4 is 17.3 Å². The molecule has 0 bridgehead atoms. The van der Waals surface area contributed by atoms with Gasteiger partial charge >= 0.3 is 0 Å². The van der Waals surface area contributed by atoms with E-state index in [1.165, 1.54) is 0 Å². The molecule has 23 heavy (non-hydrogen) atoms. The van der Waals surface area contributed by atoms with Crippen LogP contribution in [0.2, 0.25) is 0 Å². The van der Waals surface area contributed by atoms with Gasteiger partial charge in [-0.25, -0.2) is 0 Å². The summed E-state index contributed by atoms with van der Waals surface area (Å²) in [5.41, 5.74) is 7.51. The number of hydrogen-bond acceptors (Lipinski definition) is 4. The van der Waals surface area contributed by atoms with E-state index < -0.39 is 0 Å².